The molecule has 0 atom stereocenters. The van der Waals surface area contributed by atoms with Crippen LogP contribution in [0.4, 0.5) is 10.2 Å². The van der Waals surface area contributed by atoms with Crippen LogP contribution in [0.2, 0.25) is 0 Å². The monoisotopic (exact) mass is 298 g/mol. The number of pyridine rings is 1. The minimum absolute atomic E-state index is 0.213. The van der Waals surface area contributed by atoms with E-state index in [-0.39, 0.29) is 5.82 Å². The van der Waals surface area contributed by atoms with Gasteiger partial charge in [-0.05, 0) is 18.1 Å². The summed E-state index contributed by atoms with van der Waals surface area (Å²) in [5, 5.41) is 2.97. The highest BCUT2D eigenvalue weighted by molar-refractivity contribution is 5.38. The first kappa shape index (κ1) is 14.1. The molecule has 1 N–H and O–H groups in total. The predicted molar refractivity (Wildman–Crippen MR) is 80.1 cm³/mol. The van der Waals surface area contributed by atoms with Crippen LogP contribution in [0.1, 0.15) is 18.2 Å². The van der Waals surface area contributed by atoms with E-state index in [0.717, 1.165) is 11.4 Å². The normalized spacial score (nSPS) is 10.6. The summed E-state index contributed by atoms with van der Waals surface area (Å²) in [6.45, 7) is 2.29. The summed E-state index contributed by atoms with van der Waals surface area (Å²) in [5.41, 5.74) is 1.34. The summed E-state index contributed by atoms with van der Waals surface area (Å²) in [7, 11) is 0. The molecular formula is C15H15FN6. The number of aryl methyl sites for hydroxylation is 1. The molecular weight excluding hydrogens is 283 g/mol. The summed E-state index contributed by atoms with van der Waals surface area (Å²) < 4.78 is 15.8. The molecule has 3 aromatic heterocycles. The lowest BCUT2D eigenvalue weighted by atomic mass is 10.2. The number of hydrogen-bond acceptors (Lipinski definition) is 5. The largest absolute Gasteiger partial charge is 0.363 e. The van der Waals surface area contributed by atoms with E-state index in [2.05, 4.69) is 25.3 Å². The number of hydrogen-bond donors (Lipinski definition) is 1. The number of rotatable bonds is 5. The van der Waals surface area contributed by atoms with Crippen molar-refractivity contribution in [3.8, 4) is 5.82 Å². The van der Waals surface area contributed by atoms with Crippen LogP contribution >= 0.6 is 0 Å². The van der Waals surface area contributed by atoms with Gasteiger partial charge in [0.1, 0.15) is 18.5 Å². The summed E-state index contributed by atoms with van der Waals surface area (Å²) in [4.78, 5) is 16.2. The Balaban J connectivity index is 1.69. The first-order chi connectivity index (χ1) is 10.8. The molecule has 0 saturated carbocycles. The number of nitrogens with one attached hydrogen (secondary N) is 1. The zero-order valence-electron chi connectivity index (χ0n) is 12.1. The van der Waals surface area contributed by atoms with Crippen LogP contribution in [0.25, 0.3) is 5.82 Å². The summed E-state index contributed by atoms with van der Waals surface area (Å²) >= 11 is 0. The number of imidazole rings is 1. The molecule has 6 nitrogen and oxygen atoms in total. The molecule has 22 heavy (non-hydrogen) atoms. The van der Waals surface area contributed by atoms with Gasteiger partial charge in [0, 0.05) is 25.1 Å². The van der Waals surface area contributed by atoms with Crippen molar-refractivity contribution in [3.63, 3.8) is 0 Å². The highest BCUT2D eigenvalue weighted by Crippen LogP contribution is 2.14. The highest BCUT2D eigenvalue weighted by atomic mass is 19.1. The van der Waals surface area contributed by atoms with Crippen molar-refractivity contribution < 1.29 is 4.39 Å². The van der Waals surface area contributed by atoms with Gasteiger partial charge in [0.25, 0.3) is 0 Å². The third-order valence-corrected chi connectivity index (χ3v) is 3.23. The number of nitrogens with zero attached hydrogens (tertiary/aromatic N) is 5. The van der Waals surface area contributed by atoms with E-state index in [4.69, 9.17) is 0 Å². The second kappa shape index (κ2) is 6.30. The van der Waals surface area contributed by atoms with Crippen molar-refractivity contribution in [1.82, 2.24) is 24.5 Å². The van der Waals surface area contributed by atoms with E-state index < -0.39 is 5.82 Å². The van der Waals surface area contributed by atoms with Crippen LogP contribution < -0.4 is 5.32 Å². The van der Waals surface area contributed by atoms with Crippen molar-refractivity contribution in [2.24, 2.45) is 0 Å². The molecule has 3 rings (SSSR count). The molecule has 0 aliphatic rings. The Morgan fingerprint density at radius 1 is 1.23 bits per heavy atom. The Bertz CT molecular complexity index is 739. The van der Waals surface area contributed by atoms with Crippen LogP contribution in [0.15, 0.2) is 43.4 Å². The topological polar surface area (TPSA) is 68.5 Å². The molecule has 0 aromatic carbocycles. The molecule has 0 aliphatic carbocycles. The molecule has 0 bridgehead atoms. The molecule has 0 aliphatic heterocycles. The first-order valence-electron chi connectivity index (χ1n) is 6.94. The van der Waals surface area contributed by atoms with Gasteiger partial charge < -0.3 is 5.32 Å². The third kappa shape index (κ3) is 2.93. The lowest BCUT2D eigenvalue weighted by molar-refractivity contribution is 0.596. The maximum absolute atomic E-state index is 14.0. The second-order valence-electron chi connectivity index (χ2n) is 4.68. The zero-order chi connectivity index (χ0) is 15.4. The fourth-order valence-corrected chi connectivity index (χ4v) is 2.03. The Hall–Kier alpha value is -2.83. The number of anilines is 1. The van der Waals surface area contributed by atoms with Crippen molar-refractivity contribution in [1.29, 1.82) is 0 Å². The predicted octanol–water partition coefficient (Wildman–Crippen LogP) is 2.37. The maximum Gasteiger partial charge on any atom is 0.186 e. The van der Waals surface area contributed by atoms with E-state index in [0.29, 0.717) is 18.7 Å². The van der Waals surface area contributed by atoms with E-state index >= 15 is 0 Å². The minimum atomic E-state index is -0.395. The SMILES string of the molecule is CCc1ncnc(NCc2ccc(-n3ccnc3)nc2)c1F. The fraction of sp³-hybridized carbons (Fsp3) is 0.200. The molecule has 0 unspecified atom stereocenters. The van der Waals surface area contributed by atoms with Gasteiger partial charge in [0.15, 0.2) is 11.6 Å². The van der Waals surface area contributed by atoms with Gasteiger partial charge >= 0.3 is 0 Å². The average Bonchev–Trinajstić information content (AvgIpc) is 3.09. The average molecular weight is 298 g/mol. The van der Waals surface area contributed by atoms with Gasteiger partial charge in [-0.3, -0.25) is 4.57 Å². The van der Waals surface area contributed by atoms with Crippen molar-refractivity contribution in [2.75, 3.05) is 5.32 Å². The summed E-state index contributed by atoms with van der Waals surface area (Å²) in [6.07, 6.45) is 8.84. The first-order valence-corrected chi connectivity index (χ1v) is 6.94. The standard InChI is InChI=1S/C15H15FN6/c1-2-12-14(16)15(21-9-20-12)19-8-11-3-4-13(18-7-11)22-6-5-17-10-22/h3-7,9-10H,2,8H2,1H3,(H,19,20,21). The summed E-state index contributed by atoms with van der Waals surface area (Å²) in [6, 6.07) is 3.81. The highest BCUT2D eigenvalue weighted by Gasteiger charge is 2.09. The lowest BCUT2D eigenvalue weighted by Gasteiger charge is -2.08. The van der Waals surface area contributed by atoms with Crippen molar-refractivity contribution >= 4 is 5.82 Å². The molecule has 3 aromatic rings. The molecule has 0 spiro atoms. The van der Waals surface area contributed by atoms with E-state index in [1.54, 1.807) is 18.7 Å². The lowest BCUT2D eigenvalue weighted by Crippen LogP contribution is -2.07. The Morgan fingerprint density at radius 2 is 2.14 bits per heavy atom. The van der Waals surface area contributed by atoms with Crippen LogP contribution in [0.5, 0.6) is 0 Å². The van der Waals surface area contributed by atoms with Crippen LogP contribution in [-0.4, -0.2) is 24.5 Å². The van der Waals surface area contributed by atoms with Crippen molar-refractivity contribution in [3.05, 3.63) is 60.5 Å². The van der Waals surface area contributed by atoms with Crippen molar-refractivity contribution in [2.45, 2.75) is 19.9 Å². The maximum atomic E-state index is 14.0. The Morgan fingerprint density at radius 3 is 2.82 bits per heavy atom. The third-order valence-electron chi connectivity index (χ3n) is 3.23. The molecule has 3 heterocycles. The van der Waals surface area contributed by atoms with Gasteiger partial charge in [-0.25, -0.2) is 24.3 Å². The smallest absolute Gasteiger partial charge is 0.186 e. The Kier molecular flexibility index (Phi) is 4.04. The Labute approximate surface area is 127 Å². The van der Waals surface area contributed by atoms with Gasteiger partial charge in [-0.2, -0.15) is 0 Å². The van der Waals surface area contributed by atoms with Gasteiger partial charge in [-0.15, -0.1) is 0 Å². The minimum Gasteiger partial charge on any atom is -0.363 e. The van der Waals surface area contributed by atoms with E-state index in [1.165, 1.54) is 6.33 Å². The fourth-order valence-electron chi connectivity index (χ4n) is 2.03. The zero-order valence-corrected chi connectivity index (χ0v) is 12.1. The van der Waals surface area contributed by atoms with E-state index in [9.17, 15) is 4.39 Å². The molecule has 0 fully saturated rings. The van der Waals surface area contributed by atoms with Gasteiger partial charge in [-0.1, -0.05) is 13.0 Å². The van der Waals surface area contributed by atoms with Crippen LogP contribution in [0.3, 0.4) is 0 Å². The molecule has 7 heteroatoms. The van der Waals surface area contributed by atoms with Crippen LogP contribution in [0, 0.1) is 5.82 Å². The number of halogens is 1. The summed E-state index contributed by atoms with van der Waals surface area (Å²) in [5.74, 6) is 0.598. The molecule has 112 valence electrons. The van der Waals surface area contributed by atoms with Crippen LogP contribution in [-0.2, 0) is 13.0 Å². The second-order valence-corrected chi connectivity index (χ2v) is 4.68. The molecule has 0 radical (unpaired) electrons. The van der Waals surface area contributed by atoms with E-state index in [1.807, 2.05) is 29.8 Å². The molecule has 0 amide bonds. The number of aromatic nitrogens is 5. The van der Waals surface area contributed by atoms with Gasteiger partial charge in [0.2, 0.25) is 0 Å². The van der Waals surface area contributed by atoms with Gasteiger partial charge in [0.05, 0.1) is 5.69 Å². The quantitative estimate of drug-likeness (QED) is 0.783. The molecule has 0 saturated heterocycles.